The lowest BCUT2D eigenvalue weighted by molar-refractivity contribution is 0.446. The van der Waals surface area contributed by atoms with E-state index < -0.39 is 17.5 Å². The van der Waals surface area contributed by atoms with Crippen LogP contribution in [0.1, 0.15) is 0 Å². The van der Waals surface area contributed by atoms with Gasteiger partial charge in [0.25, 0.3) is 0 Å². The lowest BCUT2D eigenvalue weighted by Gasteiger charge is -2.07. The molecule has 0 aliphatic rings. The highest BCUT2D eigenvalue weighted by atomic mass is 79.9. The fourth-order valence-corrected chi connectivity index (χ4v) is 1.31. The van der Waals surface area contributed by atoms with Crippen LogP contribution >= 0.6 is 28.1 Å². The van der Waals surface area contributed by atoms with Gasteiger partial charge < -0.3 is 11.1 Å². The van der Waals surface area contributed by atoms with E-state index in [-0.39, 0.29) is 15.3 Å². The Bertz CT molecular complexity index is 397. The predicted molar refractivity (Wildman–Crippen MR) is 54.4 cm³/mol. The van der Waals surface area contributed by atoms with Crippen molar-refractivity contribution in [3.05, 3.63) is 28.0 Å². The Labute approximate surface area is 91.4 Å². The van der Waals surface area contributed by atoms with Crippen molar-refractivity contribution in [2.75, 3.05) is 5.32 Å². The molecule has 2 nitrogen and oxygen atoms in total. The van der Waals surface area contributed by atoms with Crippen LogP contribution in [0, 0.1) is 17.5 Å². The van der Waals surface area contributed by atoms with Crippen LogP contribution in [0.3, 0.4) is 0 Å². The molecule has 0 amide bonds. The van der Waals surface area contributed by atoms with Crippen molar-refractivity contribution in [2.24, 2.45) is 5.73 Å². The van der Waals surface area contributed by atoms with Gasteiger partial charge in [-0.15, -0.1) is 0 Å². The number of anilines is 1. The summed E-state index contributed by atoms with van der Waals surface area (Å²) in [6.45, 7) is 0. The summed E-state index contributed by atoms with van der Waals surface area (Å²) in [6.07, 6.45) is 0. The van der Waals surface area contributed by atoms with Crippen LogP contribution in [0.15, 0.2) is 10.5 Å². The van der Waals surface area contributed by atoms with Crippen LogP contribution in [0.2, 0.25) is 0 Å². The molecule has 0 fully saturated rings. The van der Waals surface area contributed by atoms with E-state index in [1.807, 2.05) is 0 Å². The number of nitrogens with one attached hydrogen (secondary N) is 1. The molecule has 0 radical (unpaired) electrons. The van der Waals surface area contributed by atoms with Crippen molar-refractivity contribution in [1.82, 2.24) is 0 Å². The Morgan fingerprint density at radius 1 is 1.29 bits per heavy atom. The van der Waals surface area contributed by atoms with E-state index in [9.17, 15) is 13.2 Å². The van der Waals surface area contributed by atoms with Gasteiger partial charge in [-0.05, 0) is 34.2 Å². The van der Waals surface area contributed by atoms with Gasteiger partial charge in [0.2, 0.25) is 0 Å². The van der Waals surface area contributed by atoms with Gasteiger partial charge in [0.1, 0.15) is 0 Å². The first-order valence-electron chi connectivity index (χ1n) is 3.33. The number of hydrogen-bond donors (Lipinski definition) is 2. The molecule has 1 aromatic rings. The largest absolute Gasteiger partial charge is 0.376 e. The van der Waals surface area contributed by atoms with Crippen molar-refractivity contribution in [1.29, 1.82) is 0 Å². The average molecular weight is 285 g/mol. The summed E-state index contributed by atoms with van der Waals surface area (Å²) >= 11 is 7.14. The molecule has 76 valence electrons. The van der Waals surface area contributed by atoms with Crippen LogP contribution in [-0.4, -0.2) is 5.11 Å². The number of rotatable bonds is 1. The summed E-state index contributed by atoms with van der Waals surface area (Å²) in [5.74, 6) is -4.24. The molecule has 0 aliphatic carbocycles. The van der Waals surface area contributed by atoms with Gasteiger partial charge in [-0.1, -0.05) is 0 Å². The fourth-order valence-electron chi connectivity index (χ4n) is 0.797. The monoisotopic (exact) mass is 284 g/mol. The smallest absolute Gasteiger partial charge is 0.197 e. The quantitative estimate of drug-likeness (QED) is 0.473. The van der Waals surface area contributed by atoms with Gasteiger partial charge in [0.15, 0.2) is 22.6 Å². The first-order chi connectivity index (χ1) is 6.43. The fraction of sp³-hybridized carbons (Fsp3) is 0. The number of nitrogens with two attached hydrogens (primary N) is 1. The maximum Gasteiger partial charge on any atom is 0.197 e. The van der Waals surface area contributed by atoms with Gasteiger partial charge in [-0.2, -0.15) is 0 Å². The van der Waals surface area contributed by atoms with Gasteiger partial charge in [-0.3, -0.25) is 0 Å². The molecular formula is C7H4BrF3N2S. The second kappa shape index (κ2) is 4.14. The highest BCUT2D eigenvalue weighted by Gasteiger charge is 2.17. The molecule has 3 N–H and O–H groups in total. The molecule has 1 aromatic carbocycles. The van der Waals surface area contributed by atoms with Gasteiger partial charge in [-0.25, -0.2) is 13.2 Å². The van der Waals surface area contributed by atoms with Crippen LogP contribution in [0.4, 0.5) is 18.9 Å². The van der Waals surface area contributed by atoms with E-state index in [4.69, 9.17) is 5.73 Å². The van der Waals surface area contributed by atoms with Gasteiger partial charge in [0.05, 0.1) is 10.2 Å². The topological polar surface area (TPSA) is 38.0 Å². The average Bonchev–Trinajstić information content (AvgIpc) is 2.10. The zero-order valence-corrected chi connectivity index (χ0v) is 8.98. The summed E-state index contributed by atoms with van der Waals surface area (Å²) < 4.78 is 38.3. The van der Waals surface area contributed by atoms with Crippen LogP contribution < -0.4 is 11.1 Å². The number of halogens is 4. The maximum absolute atomic E-state index is 13.0. The molecule has 14 heavy (non-hydrogen) atoms. The minimum atomic E-state index is -1.59. The Hall–Kier alpha value is -0.820. The Kier molecular flexibility index (Phi) is 3.33. The summed E-state index contributed by atoms with van der Waals surface area (Å²) in [5.41, 5.74) is 4.74. The van der Waals surface area contributed by atoms with Crippen molar-refractivity contribution < 1.29 is 13.2 Å². The zero-order valence-electron chi connectivity index (χ0n) is 6.57. The van der Waals surface area contributed by atoms with Crippen molar-refractivity contribution >= 4 is 38.9 Å². The first kappa shape index (κ1) is 11.3. The normalized spacial score (nSPS) is 10.0. The molecule has 0 unspecified atom stereocenters. The standard InChI is InChI=1S/C7H4BrF3N2S/c8-2-1-3(13-7(12)14)5(10)6(11)4(2)9/h1H,(H3,12,13,14). The third-order valence-electron chi connectivity index (χ3n) is 1.36. The summed E-state index contributed by atoms with van der Waals surface area (Å²) in [6, 6.07) is 1.01. The first-order valence-corrected chi connectivity index (χ1v) is 4.53. The van der Waals surface area contributed by atoms with E-state index in [1.165, 1.54) is 0 Å². The third-order valence-corrected chi connectivity index (χ3v) is 2.04. The summed E-state index contributed by atoms with van der Waals surface area (Å²) in [4.78, 5) is 0. The molecule has 1 rings (SSSR count). The van der Waals surface area contributed by atoms with E-state index in [0.717, 1.165) is 6.07 Å². The van der Waals surface area contributed by atoms with Crippen molar-refractivity contribution in [3.63, 3.8) is 0 Å². The van der Waals surface area contributed by atoms with E-state index in [1.54, 1.807) is 0 Å². The molecule has 0 bridgehead atoms. The third kappa shape index (κ3) is 2.16. The minimum Gasteiger partial charge on any atom is -0.376 e. The van der Waals surface area contributed by atoms with E-state index >= 15 is 0 Å². The molecule has 0 aromatic heterocycles. The molecule has 0 saturated heterocycles. The molecule has 7 heteroatoms. The minimum absolute atomic E-state index is 0.213. The zero-order chi connectivity index (χ0) is 10.9. The predicted octanol–water partition coefficient (Wildman–Crippen LogP) is 2.52. The number of thiocarbonyl (C=S) groups is 1. The SMILES string of the molecule is NC(=S)Nc1cc(Br)c(F)c(F)c1F. The van der Waals surface area contributed by atoms with Crippen LogP contribution in [-0.2, 0) is 0 Å². The molecule has 0 heterocycles. The highest BCUT2D eigenvalue weighted by Crippen LogP contribution is 2.26. The molecule has 0 spiro atoms. The Balaban J connectivity index is 3.25. The Morgan fingerprint density at radius 2 is 1.86 bits per heavy atom. The van der Waals surface area contributed by atoms with Crippen molar-refractivity contribution in [3.8, 4) is 0 Å². The summed E-state index contributed by atoms with van der Waals surface area (Å²) in [7, 11) is 0. The second-order valence-electron chi connectivity index (χ2n) is 2.34. The van der Waals surface area contributed by atoms with E-state index in [2.05, 4.69) is 33.5 Å². The van der Waals surface area contributed by atoms with Gasteiger partial charge in [0, 0.05) is 0 Å². The highest BCUT2D eigenvalue weighted by molar-refractivity contribution is 9.10. The number of benzene rings is 1. The molecule has 0 atom stereocenters. The summed E-state index contributed by atoms with van der Waals surface area (Å²) in [5, 5.41) is 1.95. The molecule has 0 aliphatic heterocycles. The van der Waals surface area contributed by atoms with Crippen LogP contribution in [0.25, 0.3) is 0 Å². The lowest BCUT2D eigenvalue weighted by atomic mass is 10.3. The number of hydrogen-bond acceptors (Lipinski definition) is 1. The van der Waals surface area contributed by atoms with E-state index in [0.29, 0.717) is 0 Å². The molecule has 0 saturated carbocycles. The second-order valence-corrected chi connectivity index (χ2v) is 3.63. The lowest BCUT2D eigenvalue weighted by Crippen LogP contribution is -2.20. The maximum atomic E-state index is 13.0. The van der Waals surface area contributed by atoms with Crippen molar-refractivity contribution in [2.45, 2.75) is 0 Å². The van der Waals surface area contributed by atoms with Crippen LogP contribution in [0.5, 0.6) is 0 Å². The Morgan fingerprint density at radius 3 is 2.36 bits per heavy atom. The molecular weight excluding hydrogens is 281 g/mol. The van der Waals surface area contributed by atoms with Gasteiger partial charge >= 0.3 is 0 Å².